The summed E-state index contributed by atoms with van der Waals surface area (Å²) in [5.74, 6) is -0.447. The molecular weight excluding hydrogens is 466 g/mol. The van der Waals surface area contributed by atoms with Gasteiger partial charge in [-0.05, 0) is 44.4 Å². The molecule has 2 aromatic rings. The van der Waals surface area contributed by atoms with E-state index in [-0.39, 0.29) is 16.7 Å². The zero-order valence-electron chi connectivity index (χ0n) is 19.0. The molecule has 9 nitrogen and oxygen atoms in total. The lowest BCUT2D eigenvalue weighted by molar-refractivity contribution is 0.0855. The summed E-state index contributed by atoms with van der Waals surface area (Å²) in [5.41, 5.74) is 2.16. The summed E-state index contributed by atoms with van der Waals surface area (Å²) in [6.45, 7) is 7.00. The first-order valence-corrected chi connectivity index (χ1v) is 13.1. The summed E-state index contributed by atoms with van der Waals surface area (Å²) in [5, 5.41) is 7.51. The lowest BCUT2D eigenvalue weighted by Crippen LogP contribution is -2.49. The zero-order chi connectivity index (χ0) is 23.6. The summed E-state index contributed by atoms with van der Waals surface area (Å²) in [6.07, 6.45) is 3.33. The predicted octanol–water partition coefficient (Wildman–Crippen LogP) is 2.28. The van der Waals surface area contributed by atoms with E-state index in [0.29, 0.717) is 50.9 Å². The number of aryl methyl sites for hydroxylation is 2. The van der Waals surface area contributed by atoms with Crippen molar-refractivity contribution in [2.75, 3.05) is 44.2 Å². The van der Waals surface area contributed by atoms with E-state index in [4.69, 9.17) is 16.3 Å². The summed E-state index contributed by atoms with van der Waals surface area (Å²) in [7, 11) is -3.93. The molecule has 0 saturated carbocycles. The van der Waals surface area contributed by atoms with Gasteiger partial charge < -0.3 is 15.0 Å². The van der Waals surface area contributed by atoms with Crippen LogP contribution < -0.4 is 10.2 Å². The quantitative estimate of drug-likeness (QED) is 0.633. The summed E-state index contributed by atoms with van der Waals surface area (Å²) in [6, 6.07) is 5.71. The molecule has 2 fully saturated rings. The van der Waals surface area contributed by atoms with E-state index in [1.807, 2.05) is 32.0 Å². The fourth-order valence-electron chi connectivity index (χ4n) is 4.23. The van der Waals surface area contributed by atoms with Crippen molar-refractivity contribution in [1.29, 1.82) is 0 Å². The fourth-order valence-corrected chi connectivity index (χ4v) is 5.92. The van der Waals surface area contributed by atoms with Crippen molar-refractivity contribution in [2.45, 2.75) is 44.4 Å². The number of nitrogens with zero attached hydrogens (tertiary/aromatic N) is 4. The summed E-state index contributed by atoms with van der Waals surface area (Å²) < 4.78 is 35.4. The zero-order valence-corrected chi connectivity index (χ0v) is 20.5. The second-order valence-corrected chi connectivity index (χ2v) is 10.7. The molecule has 1 atom stereocenters. The predicted molar refractivity (Wildman–Crippen MR) is 126 cm³/mol. The molecule has 180 valence electrons. The fraction of sp³-hybridized carbons (Fsp3) is 0.545. The minimum absolute atomic E-state index is 0.0294. The van der Waals surface area contributed by atoms with E-state index in [1.54, 1.807) is 0 Å². The standard InChI is InChI=1S/C22H30ClN5O4S/c1-3-27-15-19(21(29)24-14-18-5-4-12-32-18)22(25-27)33(30,31)28-10-8-26(9-11-28)20-13-17(23)7-6-16(20)2/h6-7,13,15,18H,3-5,8-12,14H2,1-2H3,(H,24,29). The number of sulfonamides is 1. The lowest BCUT2D eigenvalue weighted by Gasteiger charge is -2.35. The minimum atomic E-state index is -3.93. The van der Waals surface area contributed by atoms with E-state index < -0.39 is 15.9 Å². The topological polar surface area (TPSA) is 96.8 Å². The van der Waals surface area contributed by atoms with Crippen LogP contribution in [0.3, 0.4) is 0 Å². The highest BCUT2D eigenvalue weighted by Crippen LogP contribution is 2.27. The monoisotopic (exact) mass is 495 g/mol. The number of halogens is 1. The van der Waals surface area contributed by atoms with Crippen LogP contribution in [0.2, 0.25) is 5.02 Å². The molecule has 2 aliphatic rings. The highest BCUT2D eigenvalue weighted by Gasteiger charge is 2.35. The molecular formula is C22H30ClN5O4S. The molecule has 1 amide bonds. The second kappa shape index (κ2) is 10.0. The van der Waals surface area contributed by atoms with Gasteiger partial charge in [-0.1, -0.05) is 17.7 Å². The molecule has 11 heteroatoms. The van der Waals surface area contributed by atoms with Crippen molar-refractivity contribution in [3.63, 3.8) is 0 Å². The van der Waals surface area contributed by atoms with Crippen LogP contribution in [0.15, 0.2) is 29.4 Å². The second-order valence-electron chi connectivity index (χ2n) is 8.37. The number of hydrogen-bond acceptors (Lipinski definition) is 6. The molecule has 0 bridgehead atoms. The van der Waals surface area contributed by atoms with Crippen LogP contribution in [-0.2, 0) is 21.3 Å². The Morgan fingerprint density at radius 3 is 2.70 bits per heavy atom. The average molecular weight is 496 g/mol. The number of anilines is 1. The molecule has 1 unspecified atom stereocenters. The van der Waals surface area contributed by atoms with Crippen molar-refractivity contribution in [1.82, 2.24) is 19.4 Å². The molecule has 33 heavy (non-hydrogen) atoms. The van der Waals surface area contributed by atoms with Gasteiger partial charge in [0.25, 0.3) is 15.9 Å². The van der Waals surface area contributed by atoms with Crippen molar-refractivity contribution >= 4 is 33.2 Å². The number of nitrogens with one attached hydrogen (secondary N) is 1. The molecule has 0 spiro atoms. The van der Waals surface area contributed by atoms with Crippen LogP contribution in [0.1, 0.15) is 35.7 Å². The van der Waals surface area contributed by atoms with Crippen molar-refractivity contribution in [3.05, 3.63) is 40.5 Å². The third-order valence-electron chi connectivity index (χ3n) is 6.15. The Balaban J connectivity index is 1.49. The van der Waals surface area contributed by atoms with Gasteiger partial charge in [0.2, 0.25) is 5.03 Å². The van der Waals surface area contributed by atoms with E-state index >= 15 is 0 Å². The molecule has 0 radical (unpaired) electrons. The average Bonchev–Trinajstić information content (AvgIpc) is 3.49. The van der Waals surface area contributed by atoms with E-state index in [1.165, 1.54) is 15.2 Å². The van der Waals surface area contributed by atoms with Gasteiger partial charge in [0.15, 0.2) is 0 Å². The Morgan fingerprint density at radius 1 is 1.27 bits per heavy atom. The number of carbonyl (C=O) groups is 1. The van der Waals surface area contributed by atoms with E-state index in [2.05, 4.69) is 15.3 Å². The number of carbonyl (C=O) groups excluding carboxylic acids is 1. The molecule has 1 aromatic carbocycles. The van der Waals surface area contributed by atoms with Crippen molar-refractivity contribution in [2.24, 2.45) is 0 Å². The molecule has 3 heterocycles. The summed E-state index contributed by atoms with van der Waals surface area (Å²) >= 11 is 6.16. The summed E-state index contributed by atoms with van der Waals surface area (Å²) in [4.78, 5) is 15.0. The minimum Gasteiger partial charge on any atom is -0.376 e. The van der Waals surface area contributed by atoms with Gasteiger partial charge in [0, 0.05) is 62.8 Å². The number of amides is 1. The maximum atomic E-state index is 13.5. The molecule has 4 rings (SSSR count). The van der Waals surface area contributed by atoms with Gasteiger partial charge in [0.05, 0.1) is 11.7 Å². The number of rotatable bonds is 7. The number of piperazine rings is 1. The van der Waals surface area contributed by atoms with Gasteiger partial charge >= 0.3 is 0 Å². The highest BCUT2D eigenvalue weighted by atomic mass is 35.5. The number of ether oxygens (including phenoxy) is 1. The largest absolute Gasteiger partial charge is 0.376 e. The lowest BCUT2D eigenvalue weighted by atomic mass is 10.1. The van der Waals surface area contributed by atoms with Crippen LogP contribution in [0.25, 0.3) is 0 Å². The maximum Gasteiger partial charge on any atom is 0.263 e. The van der Waals surface area contributed by atoms with E-state index in [9.17, 15) is 13.2 Å². The molecule has 0 aliphatic carbocycles. The number of benzene rings is 1. The number of aromatic nitrogens is 2. The van der Waals surface area contributed by atoms with E-state index in [0.717, 1.165) is 24.1 Å². The first-order chi connectivity index (χ1) is 15.8. The van der Waals surface area contributed by atoms with Gasteiger partial charge in [-0.3, -0.25) is 9.48 Å². The normalized spacial score (nSPS) is 19.7. The van der Waals surface area contributed by atoms with Gasteiger partial charge in [-0.15, -0.1) is 0 Å². The van der Waals surface area contributed by atoms with Crippen LogP contribution in [0.4, 0.5) is 5.69 Å². The molecule has 2 aliphatic heterocycles. The molecule has 1 N–H and O–H groups in total. The highest BCUT2D eigenvalue weighted by molar-refractivity contribution is 7.89. The third-order valence-corrected chi connectivity index (χ3v) is 8.22. The van der Waals surface area contributed by atoms with Gasteiger partial charge in [-0.25, -0.2) is 8.42 Å². The Kier molecular flexibility index (Phi) is 7.28. The Hall–Kier alpha value is -2.14. The van der Waals surface area contributed by atoms with Gasteiger partial charge in [0.1, 0.15) is 0 Å². The smallest absolute Gasteiger partial charge is 0.263 e. The van der Waals surface area contributed by atoms with Crippen molar-refractivity contribution < 1.29 is 17.9 Å². The Morgan fingerprint density at radius 2 is 2.03 bits per heavy atom. The Bertz CT molecular complexity index is 1110. The first kappa shape index (κ1) is 24.0. The number of hydrogen-bond donors (Lipinski definition) is 1. The Labute approximate surface area is 199 Å². The SMILES string of the molecule is CCn1cc(C(=O)NCC2CCCO2)c(S(=O)(=O)N2CCN(c3cc(Cl)ccc3C)CC2)n1. The van der Waals surface area contributed by atoms with Gasteiger partial charge in [-0.2, -0.15) is 9.40 Å². The van der Waals surface area contributed by atoms with Crippen LogP contribution >= 0.6 is 11.6 Å². The van der Waals surface area contributed by atoms with Crippen LogP contribution in [0, 0.1) is 6.92 Å². The first-order valence-electron chi connectivity index (χ1n) is 11.3. The molecule has 1 aromatic heterocycles. The van der Waals surface area contributed by atoms with Crippen LogP contribution in [-0.4, -0.2) is 73.8 Å². The van der Waals surface area contributed by atoms with Crippen molar-refractivity contribution in [3.8, 4) is 0 Å². The molecule has 2 saturated heterocycles. The van der Waals surface area contributed by atoms with Crippen LogP contribution in [0.5, 0.6) is 0 Å². The maximum absolute atomic E-state index is 13.5. The third kappa shape index (κ3) is 5.18.